The van der Waals surface area contributed by atoms with E-state index in [1.165, 1.54) is 31.9 Å². The van der Waals surface area contributed by atoms with Crippen LogP contribution in [-0.2, 0) is 28.9 Å². The van der Waals surface area contributed by atoms with E-state index in [0.717, 1.165) is 34.5 Å². The highest BCUT2D eigenvalue weighted by atomic mass is 19.1. The molecule has 0 radical (unpaired) electrons. The Hall–Kier alpha value is -3.21. The molecule has 3 heterocycles. The zero-order valence-electron chi connectivity index (χ0n) is 22.1. The fourth-order valence-electron chi connectivity index (χ4n) is 5.81. The topological polar surface area (TPSA) is 100 Å². The smallest absolute Gasteiger partial charge is 0.306 e. The van der Waals surface area contributed by atoms with E-state index in [4.69, 9.17) is 14.5 Å². The summed E-state index contributed by atoms with van der Waals surface area (Å²) in [6.07, 6.45) is 1.46. The van der Waals surface area contributed by atoms with Gasteiger partial charge in [0.25, 0.3) is 0 Å². The number of imidazole rings is 1. The lowest BCUT2D eigenvalue weighted by Gasteiger charge is -2.32. The third-order valence-electron chi connectivity index (χ3n) is 7.86. The molecule has 204 valence electrons. The van der Waals surface area contributed by atoms with Crippen LogP contribution in [0.25, 0.3) is 11.0 Å². The standard InChI is InChI=1S/C28H35FN4O5/c1-17(12-18-13-21(29)15-22(14-18)37-2)33-24-5-4-19-6-11-32(28(36)38-3)16-23(19)25(24)30-27(33)31-9-7-20(8-10-31)26(34)35/h4-5,13-15,17,20,28,36H,6-12,16H2,1-3H3,(H,34,35)/t17-,28?/m1/s1. The molecule has 0 amide bonds. The van der Waals surface area contributed by atoms with Crippen LogP contribution in [0.4, 0.5) is 10.3 Å². The van der Waals surface area contributed by atoms with E-state index in [9.17, 15) is 19.4 Å². The second kappa shape index (κ2) is 10.9. The van der Waals surface area contributed by atoms with Crippen molar-refractivity contribution in [2.75, 3.05) is 38.8 Å². The van der Waals surface area contributed by atoms with Crippen molar-refractivity contribution >= 4 is 23.0 Å². The van der Waals surface area contributed by atoms with Gasteiger partial charge in [-0.15, -0.1) is 0 Å². The van der Waals surface area contributed by atoms with Gasteiger partial charge in [0.1, 0.15) is 11.6 Å². The quantitative estimate of drug-likeness (QED) is 0.430. The number of nitrogens with zero attached hydrogens (tertiary/aromatic N) is 4. The third-order valence-corrected chi connectivity index (χ3v) is 7.86. The number of carboxylic acids is 1. The minimum Gasteiger partial charge on any atom is -0.497 e. The number of benzene rings is 2. The Bertz CT molecular complexity index is 1320. The van der Waals surface area contributed by atoms with Crippen molar-refractivity contribution in [3.05, 3.63) is 52.8 Å². The number of ether oxygens (including phenoxy) is 2. The largest absolute Gasteiger partial charge is 0.497 e. The average molecular weight is 527 g/mol. The molecule has 1 fully saturated rings. The summed E-state index contributed by atoms with van der Waals surface area (Å²) in [5.41, 5.74) is 4.91. The second-order valence-corrected chi connectivity index (χ2v) is 10.3. The lowest BCUT2D eigenvalue weighted by atomic mass is 9.97. The van der Waals surface area contributed by atoms with Crippen LogP contribution in [0.1, 0.15) is 42.5 Å². The molecule has 2 aliphatic heterocycles. The number of hydrogen-bond donors (Lipinski definition) is 2. The highest BCUT2D eigenvalue weighted by Gasteiger charge is 2.31. The maximum absolute atomic E-state index is 14.3. The van der Waals surface area contributed by atoms with Gasteiger partial charge >= 0.3 is 5.97 Å². The van der Waals surface area contributed by atoms with Crippen molar-refractivity contribution in [2.24, 2.45) is 5.92 Å². The molecule has 38 heavy (non-hydrogen) atoms. The molecule has 0 bridgehead atoms. The fourth-order valence-corrected chi connectivity index (χ4v) is 5.81. The summed E-state index contributed by atoms with van der Waals surface area (Å²) >= 11 is 0. The molecule has 5 rings (SSSR count). The first-order valence-corrected chi connectivity index (χ1v) is 13.1. The summed E-state index contributed by atoms with van der Waals surface area (Å²) < 4.78 is 26.9. The number of carboxylic acid groups (broad SMARTS) is 1. The molecule has 0 saturated carbocycles. The lowest BCUT2D eigenvalue weighted by Crippen LogP contribution is -2.40. The van der Waals surface area contributed by atoms with E-state index in [1.807, 2.05) is 11.0 Å². The first-order valence-electron chi connectivity index (χ1n) is 13.1. The third kappa shape index (κ3) is 5.08. The number of piperidine rings is 1. The molecule has 1 saturated heterocycles. The normalized spacial score (nSPS) is 18.4. The molecule has 10 heteroatoms. The summed E-state index contributed by atoms with van der Waals surface area (Å²) in [5, 5.41) is 19.8. The van der Waals surface area contributed by atoms with Crippen molar-refractivity contribution in [3.8, 4) is 5.75 Å². The zero-order valence-corrected chi connectivity index (χ0v) is 22.1. The number of aromatic nitrogens is 2. The van der Waals surface area contributed by atoms with Gasteiger partial charge in [-0.3, -0.25) is 9.69 Å². The van der Waals surface area contributed by atoms with Crippen LogP contribution in [-0.4, -0.2) is 70.9 Å². The molecule has 1 aromatic heterocycles. The molecule has 1 unspecified atom stereocenters. The molecular weight excluding hydrogens is 491 g/mol. The Kier molecular flexibility index (Phi) is 7.56. The number of aliphatic carboxylic acids is 1. The average Bonchev–Trinajstić information content (AvgIpc) is 3.32. The zero-order chi connectivity index (χ0) is 27.0. The fraction of sp³-hybridized carbons (Fsp3) is 0.500. The number of aliphatic hydroxyl groups is 1. The van der Waals surface area contributed by atoms with Gasteiger partial charge in [-0.05, 0) is 67.5 Å². The first-order chi connectivity index (χ1) is 18.3. The molecule has 3 aromatic rings. The second-order valence-electron chi connectivity index (χ2n) is 10.3. The number of carbonyl (C=O) groups is 1. The number of anilines is 1. The Morgan fingerprint density at radius 2 is 1.95 bits per heavy atom. The van der Waals surface area contributed by atoms with Crippen LogP contribution in [0, 0.1) is 11.7 Å². The molecule has 2 atom stereocenters. The molecule has 9 nitrogen and oxygen atoms in total. The predicted octanol–water partition coefficient (Wildman–Crippen LogP) is 3.57. The summed E-state index contributed by atoms with van der Waals surface area (Å²) in [6.45, 7) is 4.47. The number of halogens is 1. The minimum absolute atomic E-state index is 0.0685. The van der Waals surface area contributed by atoms with Gasteiger partial charge in [-0.25, -0.2) is 9.37 Å². The van der Waals surface area contributed by atoms with Gasteiger partial charge < -0.3 is 29.2 Å². The Balaban J connectivity index is 1.56. The predicted molar refractivity (Wildman–Crippen MR) is 141 cm³/mol. The Morgan fingerprint density at radius 1 is 1.18 bits per heavy atom. The molecular formula is C28H35FN4O5. The van der Waals surface area contributed by atoms with Crippen LogP contribution < -0.4 is 9.64 Å². The summed E-state index contributed by atoms with van der Waals surface area (Å²) in [6, 6.07) is 8.90. The number of rotatable bonds is 8. The van der Waals surface area contributed by atoms with Crippen molar-refractivity contribution in [1.82, 2.24) is 14.5 Å². The van der Waals surface area contributed by atoms with Gasteiger partial charge in [0.15, 0.2) is 0 Å². The van der Waals surface area contributed by atoms with Gasteiger partial charge in [0, 0.05) is 45.4 Å². The van der Waals surface area contributed by atoms with Crippen LogP contribution in [0.3, 0.4) is 0 Å². The SMILES string of the molecule is COc1cc(F)cc(C[C@@H](C)n2c(N3CCC(C(=O)O)CC3)nc3c4c(ccc32)CCN(C(O)OC)C4)c1. The summed E-state index contributed by atoms with van der Waals surface area (Å²) in [5.74, 6) is -0.179. The van der Waals surface area contributed by atoms with Crippen LogP contribution in [0.2, 0.25) is 0 Å². The van der Waals surface area contributed by atoms with Crippen molar-refractivity contribution in [2.45, 2.75) is 51.6 Å². The number of hydrogen-bond acceptors (Lipinski definition) is 7. The molecule has 2 N–H and O–H groups in total. The van der Waals surface area contributed by atoms with Crippen LogP contribution in [0.5, 0.6) is 5.75 Å². The monoisotopic (exact) mass is 526 g/mol. The first kappa shape index (κ1) is 26.4. The number of methoxy groups -OCH3 is 2. The Labute approximate surface area is 221 Å². The number of fused-ring (bicyclic) bond motifs is 3. The summed E-state index contributed by atoms with van der Waals surface area (Å²) in [4.78, 5) is 20.7. The maximum atomic E-state index is 14.3. The van der Waals surface area contributed by atoms with E-state index < -0.39 is 12.4 Å². The summed E-state index contributed by atoms with van der Waals surface area (Å²) in [7, 11) is 3.01. The van der Waals surface area contributed by atoms with Crippen molar-refractivity contribution in [3.63, 3.8) is 0 Å². The highest BCUT2D eigenvalue weighted by molar-refractivity contribution is 5.84. The van der Waals surface area contributed by atoms with Gasteiger partial charge in [-0.1, -0.05) is 6.07 Å². The highest BCUT2D eigenvalue weighted by Crippen LogP contribution is 2.36. The van der Waals surface area contributed by atoms with E-state index in [1.54, 1.807) is 0 Å². The van der Waals surface area contributed by atoms with Gasteiger partial charge in [0.2, 0.25) is 12.4 Å². The van der Waals surface area contributed by atoms with E-state index in [0.29, 0.717) is 51.2 Å². The maximum Gasteiger partial charge on any atom is 0.306 e. The minimum atomic E-state index is -0.989. The van der Waals surface area contributed by atoms with E-state index >= 15 is 0 Å². The van der Waals surface area contributed by atoms with Crippen LogP contribution in [0.15, 0.2) is 30.3 Å². The number of aliphatic hydroxyl groups excluding tert-OH is 1. The molecule has 2 aliphatic rings. The van der Waals surface area contributed by atoms with Gasteiger partial charge in [-0.2, -0.15) is 0 Å². The lowest BCUT2D eigenvalue weighted by molar-refractivity contribution is -0.181. The van der Waals surface area contributed by atoms with Gasteiger partial charge in [0.05, 0.1) is 24.1 Å². The van der Waals surface area contributed by atoms with E-state index in [2.05, 4.69) is 28.5 Å². The Morgan fingerprint density at radius 3 is 2.63 bits per heavy atom. The molecule has 2 aromatic carbocycles. The van der Waals surface area contributed by atoms with Crippen molar-refractivity contribution in [1.29, 1.82) is 0 Å². The molecule has 0 spiro atoms. The van der Waals surface area contributed by atoms with Crippen molar-refractivity contribution < 1.29 is 28.9 Å². The van der Waals surface area contributed by atoms with E-state index in [-0.39, 0.29) is 17.8 Å². The molecule has 0 aliphatic carbocycles. The van der Waals surface area contributed by atoms with Crippen LogP contribution >= 0.6 is 0 Å².